The minimum atomic E-state index is -4.00. The van der Waals surface area contributed by atoms with Crippen LogP contribution >= 0.6 is 23.2 Å². The Morgan fingerprint density at radius 1 is 0.933 bits per heavy atom. The standard InChI is InChI=1S/C33H39Cl2N3O6S/c1-43-25-17-18-29(31(20-25)44-2)38(45(3,41)42)22-32(39)37(21-26-27(34)15-10-16-28(26)35)30(19-23-11-6-4-7-12-23)33(40)36-24-13-8-5-9-14-24/h4,6-7,10-12,15-18,20,24,30H,5,8-9,13-14,19,21-22H2,1-3H3,(H,36,40)/t30-/m1/s1. The van der Waals surface area contributed by atoms with Gasteiger partial charge in [0.05, 0.1) is 26.2 Å². The Morgan fingerprint density at radius 2 is 1.60 bits per heavy atom. The summed E-state index contributed by atoms with van der Waals surface area (Å²) >= 11 is 13.1. The monoisotopic (exact) mass is 675 g/mol. The van der Waals surface area contributed by atoms with Crippen LogP contribution in [0.4, 0.5) is 5.69 Å². The number of benzene rings is 3. The molecule has 242 valence electrons. The highest BCUT2D eigenvalue weighted by atomic mass is 35.5. The first-order valence-electron chi connectivity index (χ1n) is 14.8. The maximum absolute atomic E-state index is 14.4. The van der Waals surface area contributed by atoms with Crippen LogP contribution in [0.25, 0.3) is 0 Å². The molecule has 3 aromatic carbocycles. The van der Waals surface area contributed by atoms with Crippen LogP contribution in [0.3, 0.4) is 0 Å². The largest absolute Gasteiger partial charge is 0.497 e. The number of carbonyl (C=O) groups excluding carboxylic acids is 2. The molecule has 1 saturated carbocycles. The third kappa shape index (κ3) is 9.05. The average molecular weight is 677 g/mol. The second-order valence-electron chi connectivity index (χ2n) is 11.1. The highest BCUT2D eigenvalue weighted by Crippen LogP contribution is 2.34. The van der Waals surface area contributed by atoms with Gasteiger partial charge in [0, 0.05) is 40.7 Å². The van der Waals surface area contributed by atoms with Crippen LogP contribution in [0.2, 0.25) is 10.0 Å². The normalized spacial score (nSPS) is 14.3. The van der Waals surface area contributed by atoms with E-state index >= 15 is 0 Å². The Labute approximate surface area is 275 Å². The van der Waals surface area contributed by atoms with Crippen LogP contribution in [0.5, 0.6) is 11.5 Å². The number of hydrogen-bond donors (Lipinski definition) is 1. The van der Waals surface area contributed by atoms with E-state index in [1.165, 1.54) is 31.3 Å². The van der Waals surface area contributed by atoms with Gasteiger partial charge in [-0.15, -0.1) is 0 Å². The first-order chi connectivity index (χ1) is 21.5. The van der Waals surface area contributed by atoms with Gasteiger partial charge in [0.1, 0.15) is 24.1 Å². The number of anilines is 1. The molecular weight excluding hydrogens is 637 g/mol. The van der Waals surface area contributed by atoms with E-state index < -0.39 is 28.5 Å². The summed E-state index contributed by atoms with van der Waals surface area (Å²) in [5.41, 5.74) is 1.43. The van der Waals surface area contributed by atoms with Crippen molar-refractivity contribution in [1.29, 1.82) is 0 Å². The Bertz CT molecular complexity index is 1560. The Hall–Kier alpha value is -3.47. The summed E-state index contributed by atoms with van der Waals surface area (Å²) in [6.45, 7) is -0.726. The second-order valence-corrected chi connectivity index (χ2v) is 13.8. The van der Waals surface area contributed by atoms with Gasteiger partial charge < -0.3 is 19.7 Å². The summed E-state index contributed by atoms with van der Waals surface area (Å²) in [6, 6.07) is 18.0. The van der Waals surface area contributed by atoms with Crippen LogP contribution < -0.4 is 19.1 Å². The van der Waals surface area contributed by atoms with Crippen molar-refractivity contribution in [3.05, 3.63) is 87.9 Å². The topological polar surface area (TPSA) is 105 Å². The fraction of sp³-hybridized carbons (Fsp3) is 0.394. The van der Waals surface area contributed by atoms with Crippen molar-refractivity contribution in [3.63, 3.8) is 0 Å². The molecule has 1 fully saturated rings. The van der Waals surface area contributed by atoms with E-state index in [1.807, 2.05) is 30.3 Å². The first kappa shape index (κ1) is 34.4. The van der Waals surface area contributed by atoms with Crippen LogP contribution in [-0.2, 0) is 32.6 Å². The molecule has 1 atom stereocenters. The Balaban J connectivity index is 1.78. The Morgan fingerprint density at radius 3 is 2.20 bits per heavy atom. The van der Waals surface area contributed by atoms with E-state index in [-0.39, 0.29) is 36.4 Å². The van der Waals surface area contributed by atoms with Crippen molar-refractivity contribution < 1.29 is 27.5 Å². The molecule has 0 unspecified atom stereocenters. The lowest BCUT2D eigenvalue weighted by atomic mass is 9.94. The zero-order chi connectivity index (χ0) is 32.6. The van der Waals surface area contributed by atoms with E-state index in [0.717, 1.165) is 48.2 Å². The number of amides is 2. The van der Waals surface area contributed by atoms with E-state index in [0.29, 0.717) is 21.4 Å². The molecule has 0 heterocycles. The number of carbonyl (C=O) groups is 2. The average Bonchev–Trinajstić information content (AvgIpc) is 3.02. The van der Waals surface area contributed by atoms with Gasteiger partial charge in [-0.1, -0.05) is 78.9 Å². The number of halogens is 2. The number of hydrogen-bond acceptors (Lipinski definition) is 6. The first-order valence-corrected chi connectivity index (χ1v) is 17.4. The molecule has 45 heavy (non-hydrogen) atoms. The molecule has 1 aliphatic carbocycles. The van der Waals surface area contributed by atoms with Crippen LogP contribution in [-0.4, -0.2) is 64.2 Å². The molecule has 3 aromatic rings. The van der Waals surface area contributed by atoms with E-state index in [4.69, 9.17) is 32.7 Å². The highest BCUT2D eigenvalue weighted by molar-refractivity contribution is 7.92. The zero-order valence-corrected chi connectivity index (χ0v) is 28.0. The summed E-state index contributed by atoms with van der Waals surface area (Å²) in [5, 5.41) is 3.82. The van der Waals surface area contributed by atoms with Gasteiger partial charge in [-0.05, 0) is 42.7 Å². The van der Waals surface area contributed by atoms with Crippen LogP contribution in [0, 0.1) is 0 Å². The van der Waals surface area contributed by atoms with Crippen molar-refractivity contribution in [3.8, 4) is 11.5 Å². The molecule has 4 rings (SSSR count). The summed E-state index contributed by atoms with van der Waals surface area (Å²) in [7, 11) is -1.12. The van der Waals surface area contributed by atoms with Gasteiger partial charge >= 0.3 is 0 Å². The number of rotatable bonds is 13. The fourth-order valence-electron chi connectivity index (χ4n) is 5.54. The van der Waals surface area contributed by atoms with Crippen molar-refractivity contribution >= 4 is 50.7 Å². The predicted octanol–water partition coefficient (Wildman–Crippen LogP) is 5.87. The van der Waals surface area contributed by atoms with Gasteiger partial charge in [0.15, 0.2) is 0 Å². The fourth-order valence-corrected chi connectivity index (χ4v) is 6.91. The minimum absolute atomic E-state index is 0.0125. The van der Waals surface area contributed by atoms with E-state index in [2.05, 4.69) is 5.32 Å². The third-order valence-corrected chi connectivity index (χ3v) is 9.78. The number of ether oxygens (including phenoxy) is 2. The van der Waals surface area contributed by atoms with Crippen molar-refractivity contribution in [2.24, 2.45) is 0 Å². The predicted molar refractivity (Wildman–Crippen MR) is 178 cm³/mol. The molecule has 0 bridgehead atoms. The second kappa shape index (κ2) is 15.7. The smallest absolute Gasteiger partial charge is 0.244 e. The number of nitrogens with zero attached hydrogens (tertiary/aromatic N) is 2. The molecule has 9 nitrogen and oxygen atoms in total. The van der Waals surface area contributed by atoms with Gasteiger partial charge in [-0.2, -0.15) is 0 Å². The van der Waals surface area contributed by atoms with Crippen molar-refractivity contribution in [2.75, 3.05) is 31.3 Å². The maximum atomic E-state index is 14.4. The van der Waals surface area contributed by atoms with E-state index in [1.54, 1.807) is 24.3 Å². The number of sulfonamides is 1. The van der Waals surface area contributed by atoms with Gasteiger partial charge in [0.2, 0.25) is 21.8 Å². The summed E-state index contributed by atoms with van der Waals surface area (Å²) in [4.78, 5) is 29.9. The molecule has 2 amide bonds. The van der Waals surface area contributed by atoms with Crippen LogP contribution in [0.15, 0.2) is 66.7 Å². The third-order valence-electron chi connectivity index (χ3n) is 7.95. The molecule has 0 aliphatic heterocycles. The molecular formula is C33H39Cl2N3O6S. The van der Waals surface area contributed by atoms with Crippen molar-refractivity contribution in [2.45, 2.75) is 57.2 Å². The lowest BCUT2D eigenvalue weighted by Gasteiger charge is -2.35. The molecule has 0 radical (unpaired) electrons. The molecule has 1 N–H and O–H groups in total. The Kier molecular flexibility index (Phi) is 12.0. The molecule has 0 spiro atoms. The number of nitrogens with one attached hydrogen (secondary N) is 1. The number of methoxy groups -OCH3 is 2. The quantitative estimate of drug-likeness (QED) is 0.243. The summed E-state index contributed by atoms with van der Waals surface area (Å²) in [6.07, 6.45) is 6.05. The van der Waals surface area contributed by atoms with Crippen LogP contribution in [0.1, 0.15) is 43.2 Å². The van der Waals surface area contributed by atoms with Gasteiger partial charge in [-0.3, -0.25) is 13.9 Å². The summed E-state index contributed by atoms with van der Waals surface area (Å²) < 4.78 is 38.1. The summed E-state index contributed by atoms with van der Waals surface area (Å²) in [5.74, 6) is -0.291. The molecule has 12 heteroatoms. The molecule has 0 aromatic heterocycles. The molecule has 0 saturated heterocycles. The van der Waals surface area contributed by atoms with Gasteiger partial charge in [0.25, 0.3) is 0 Å². The van der Waals surface area contributed by atoms with Gasteiger partial charge in [-0.25, -0.2) is 8.42 Å². The lowest BCUT2D eigenvalue weighted by Crippen LogP contribution is -2.55. The SMILES string of the molecule is COc1ccc(N(CC(=O)N(Cc2c(Cl)cccc2Cl)[C@H](Cc2ccccc2)C(=O)NC2CCCCC2)S(C)(=O)=O)c(OC)c1. The minimum Gasteiger partial charge on any atom is -0.497 e. The van der Waals surface area contributed by atoms with E-state index in [9.17, 15) is 18.0 Å². The van der Waals surface area contributed by atoms with Crippen molar-refractivity contribution in [1.82, 2.24) is 10.2 Å². The molecule has 1 aliphatic rings. The lowest BCUT2D eigenvalue weighted by molar-refractivity contribution is -0.140. The maximum Gasteiger partial charge on any atom is 0.244 e. The zero-order valence-electron chi connectivity index (χ0n) is 25.7. The highest BCUT2D eigenvalue weighted by Gasteiger charge is 2.35.